The number of rotatable bonds is 1. The third-order valence-electron chi connectivity index (χ3n) is 1.08. The van der Waals surface area contributed by atoms with Crippen molar-refractivity contribution in [1.82, 2.24) is 0 Å². The van der Waals surface area contributed by atoms with Gasteiger partial charge in [0.25, 0.3) is 0 Å². The van der Waals surface area contributed by atoms with E-state index in [2.05, 4.69) is 27.4 Å². The standard InChI is InChI=1S/C7H14O/c1-6(8-5)7(2,3)4/h1H2,2-5H3. The van der Waals surface area contributed by atoms with Gasteiger partial charge in [0.15, 0.2) is 0 Å². The third-order valence-corrected chi connectivity index (χ3v) is 1.08. The Labute approximate surface area is 51.4 Å². The highest BCUT2D eigenvalue weighted by Crippen LogP contribution is 2.22. The molecule has 0 aliphatic heterocycles. The van der Waals surface area contributed by atoms with Gasteiger partial charge in [0, 0.05) is 5.41 Å². The van der Waals surface area contributed by atoms with Gasteiger partial charge in [-0.2, -0.15) is 0 Å². The second-order valence-corrected chi connectivity index (χ2v) is 2.88. The van der Waals surface area contributed by atoms with Crippen LogP contribution in [0.2, 0.25) is 0 Å². The highest BCUT2D eigenvalue weighted by atomic mass is 16.5. The van der Waals surface area contributed by atoms with Crippen molar-refractivity contribution in [2.45, 2.75) is 20.8 Å². The van der Waals surface area contributed by atoms with Gasteiger partial charge < -0.3 is 4.74 Å². The van der Waals surface area contributed by atoms with Crippen LogP contribution in [0.15, 0.2) is 12.3 Å². The first-order valence-corrected chi connectivity index (χ1v) is 2.72. The molecule has 0 aliphatic rings. The maximum atomic E-state index is 4.92. The van der Waals surface area contributed by atoms with Crippen molar-refractivity contribution in [3.8, 4) is 0 Å². The Bertz CT molecular complexity index is 87.1. The first-order chi connectivity index (χ1) is 3.48. The number of methoxy groups -OCH3 is 1. The van der Waals surface area contributed by atoms with E-state index in [-0.39, 0.29) is 5.41 Å². The molecule has 0 heterocycles. The Morgan fingerprint density at radius 1 is 1.38 bits per heavy atom. The number of hydrogen-bond acceptors (Lipinski definition) is 1. The van der Waals surface area contributed by atoms with E-state index in [9.17, 15) is 0 Å². The molecule has 0 rings (SSSR count). The Kier molecular flexibility index (Phi) is 2.08. The summed E-state index contributed by atoms with van der Waals surface area (Å²) in [5.41, 5.74) is 0.0920. The van der Waals surface area contributed by atoms with Crippen LogP contribution in [0, 0.1) is 5.41 Å². The minimum Gasteiger partial charge on any atom is -0.501 e. The van der Waals surface area contributed by atoms with Gasteiger partial charge in [-0.1, -0.05) is 27.4 Å². The summed E-state index contributed by atoms with van der Waals surface area (Å²) in [5.74, 6) is 0.831. The maximum Gasteiger partial charge on any atom is 0.0937 e. The molecule has 0 aromatic rings. The SMILES string of the molecule is C=C(OC)C(C)(C)C. The fraction of sp³-hybridized carbons (Fsp3) is 0.714. The number of allylic oxidation sites excluding steroid dienone is 1. The zero-order valence-electron chi connectivity index (χ0n) is 6.12. The lowest BCUT2D eigenvalue weighted by Gasteiger charge is -2.19. The van der Waals surface area contributed by atoms with Gasteiger partial charge in [0.1, 0.15) is 0 Å². The molecule has 1 heteroatoms. The van der Waals surface area contributed by atoms with E-state index in [0.717, 1.165) is 5.76 Å². The summed E-state index contributed by atoms with van der Waals surface area (Å²) in [6.07, 6.45) is 0. The number of hydrogen-bond donors (Lipinski definition) is 0. The van der Waals surface area contributed by atoms with Crippen LogP contribution in [0.4, 0.5) is 0 Å². The van der Waals surface area contributed by atoms with Crippen LogP contribution in [0.25, 0.3) is 0 Å². The predicted octanol–water partition coefficient (Wildman–Crippen LogP) is 2.19. The lowest BCUT2D eigenvalue weighted by Crippen LogP contribution is -2.09. The highest BCUT2D eigenvalue weighted by molar-refractivity contribution is 4.94. The van der Waals surface area contributed by atoms with Crippen LogP contribution in [-0.2, 0) is 4.74 Å². The van der Waals surface area contributed by atoms with Crippen molar-refractivity contribution >= 4 is 0 Å². The molecular weight excluding hydrogens is 100 g/mol. The van der Waals surface area contributed by atoms with Crippen LogP contribution in [0.1, 0.15) is 20.8 Å². The Morgan fingerprint density at radius 2 is 1.75 bits per heavy atom. The van der Waals surface area contributed by atoms with Crippen molar-refractivity contribution < 1.29 is 4.74 Å². The summed E-state index contributed by atoms with van der Waals surface area (Å²) >= 11 is 0. The molecule has 0 atom stereocenters. The lowest BCUT2D eigenvalue weighted by atomic mass is 9.95. The minimum absolute atomic E-state index is 0.0920. The van der Waals surface area contributed by atoms with E-state index in [1.165, 1.54) is 0 Å². The van der Waals surface area contributed by atoms with Crippen molar-refractivity contribution in [3.05, 3.63) is 12.3 Å². The average Bonchev–Trinajstić information content (AvgIpc) is 1.62. The molecular formula is C7H14O. The van der Waals surface area contributed by atoms with Gasteiger partial charge in [-0.05, 0) is 0 Å². The molecule has 0 fully saturated rings. The van der Waals surface area contributed by atoms with E-state index < -0.39 is 0 Å². The van der Waals surface area contributed by atoms with Crippen LogP contribution in [0.3, 0.4) is 0 Å². The minimum atomic E-state index is 0.0920. The van der Waals surface area contributed by atoms with Gasteiger partial charge in [-0.25, -0.2) is 0 Å². The monoisotopic (exact) mass is 114 g/mol. The van der Waals surface area contributed by atoms with Gasteiger partial charge >= 0.3 is 0 Å². The van der Waals surface area contributed by atoms with Crippen LogP contribution in [-0.4, -0.2) is 7.11 Å². The van der Waals surface area contributed by atoms with Crippen molar-refractivity contribution in [2.75, 3.05) is 7.11 Å². The predicted molar refractivity (Wildman–Crippen MR) is 35.6 cm³/mol. The first-order valence-electron chi connectivity index (χ1n) is 2.72. The van der Waals surface area contributed by atoms with E-state index in [4.69, 9.17) is 4.74 Å². The van der Waals surface area contributed by atoms with Crippen molar-refractivity contribution in [2.24, 2.45) is 5.41 Å². The molecule has 0 aromatic heterocycles. The lowest BCUT2D eigenvalue weighted by molar-refractivity contribution is 0.208. The average molecular weight is 114 g/mol. The summed E-state index contributed by atoms with van der Waals surface area (Å²) in [4.78, 5) is 0. The zero-order valence-corrected chi connectivity index (χ0v) is 6.12. The van der Waals surface area contributed by atoms with Crippen molar-refractivity contribution in [3.63, 3.8) is 0 Å². The quantitative estimate of drug-likeness (QED) is 0.475. The topological polar surface area (TPSA) is 9.23 Å². The molecule has 0 saturated heterocycles. The fourth-order valence-electron chi connectivity index (χ4n) is 0.306. The highest BCUT2D eigenvalue weighted by Gasteiger charge is 2.14. The van der Waals surface area contributed by atoms with Gasteiger partial charge in [-0.3, -0.25) is 0 Å². The van der Waals surface area contributed by atoms with Gasteiger partial charge in [0.05, 0.1) is 12.9 Å². The molecule has 0 radical (unpaired) electrons. The summed E-state index contributed by atoms with van der Waals surface area (Å²) < 4.78 is 4.92. The Morgan fingerprint density at radius 3 is 1.75 bits per heavy atom. The van der Waals surface area contributed by atoms with E-state index in [1.54, 1.807) is 7.11 Å². The molecule has 0 aliphatic carbocycles. The second kappa shape index (κ2) is 2.21. The molecule has 0 saturated carbocycles. The van der Waals surface area contributed by atoms with E-state index >= 15 is 0 Å². The molecule has 8 heavy (non-hydrogen) atoms. The zero-order chi connectivity index (χ0) is 6.78. The third kappa shape index (κ3) is 2.01. The maximum absolute atomic E-state index is 4.92. The molecule has 0 spiro atoms. The number of ether oxygens (including phenoxy) is 1. The summed E-state index contributed by atoms with van der Waals surface area (Å²) in [5, 5.41) is 0. The molecule has 0 amide bonds. The van der Waals surface area contributed by atoms with E-state index in [1.807, 2.05) is 0 Å². The normalized spacial score (nSPS) is 11.0. The van der Waals surface area contributed by atoms with Crippen LogP contribution < -0.4 is 0 Å². The van der Waals surface area contributed by atoms with Gasteiger partial charge in [0.2, 0.25) is 0 Å². The first kappa shape index (κ1) is 7.54. The van der Waals surface area contributed by atoms with Crippen LogP contribution >= 0.6 is 0 Å². The molecule has 0 aromatic carbocycles. The van der Waals surface area contributed by atoms with Crippen LogP contribution in [0.5, 0.6) is 0 Å². The Balaban J connectivity index is 3.82. The summed E-state index contributed by atoms with van der Waals surface area (Å²) in [7, 11) is 1.65. The smallest absolute Gasteiger partial charge is 0.0937 e. The van der Waals surface area contributed by atoms with Gasteiger partial charge in [-0.15, -0.1) is 0 Å². The van der Waals surface area contributed by atoms with E-state index in [0.29, 0.717) is 0 Å². The largest absolute Gasteiger partial charge is 0.501 e. The molecule has 48 valence electrons. The fourth-order valence-corrected chi connectivity index (χ4v) is 0.306. The molecule has 0 N–H and O–H groups in total. The molecule has 0 unspecified atom stereocenters. The Hall–Kier alpha value is -0.460. The molecule has 1 nitrogen and oxygen atoms in total. The molecule has 0 bridgehead atoms. The summed E-state index contributed by atoms with van der Waals surface area (Å²) in [6.45, 7) is 9.93. The second-order valence-electron chi connectivity index (χ2n) is 2.88. The summed E-state index contributed by atoms with van der Waals surface area (Å²) in [6, 6.07) is 0. The van der Waals surface area contributed by atoms with Crippen molar-refractivity contribution in [1.29, 1.82) is 0 Å².